The summed E-state index contributed by atoms with van der Waals surface area (Å²) in [6.45, 7) is 0.815. The van der Waals surface area contributed by atoms with Gasteiger partial charge in [-0.25, -0.2) is 4.98 Å². The van der Waals surface area contributed by atoms with Crippen LogP contribution in [0.3, 0.4) is 0 Å². The molecule has 0 unspecified atom stereocenters. The van der Waals surface area contributed by atoms with Crippen molar-refractivity contribution in [2.24, 2.45) is 5.92 Å². The highest BCUT2D eigenvalue weighted by Crippen LogP contribution is 2.28. The van der Waals surface area contributed by atoms with Crippen molar-refractivity contribution in [3.63, 3.8) is 0 Å². The first-order chi connectivity index (χ1) is 14.2. The number of hydrogen-bond donors (Lipinski definition) is 3. The van der Waals surface area contributed by atoms with Crippen molar-refractivity contribution in [1.82, 2.24) is 9.97 Å². The summed E-state index contributed by atoms with van der Waals surface area (Å²) in [6.07, 6.45) is 1.15. The highest BCUT2D eigenvalue weighted by atomic mass is 19.4. The number of nitrogens with one attached hydrogen (secondary N) is 2. The second-order valence-corrected chi connectivity index (χ2v) is 8.31. The van der Waals surface area contributed by atoms with E-state index in [0.29, 0.717) is 49.4 Å². The molecule has 2 fully saturated rings. The number of hydrogen-bond acceptors (Lipinski definition) is 7. The first-order valence-corrected chi connectivity index (χ1v) is 10.4. The summed E-state index contributed by atoms with van der Waals surface area (Å²) in [5.74, 6) is 1.07. The smallest absolute Gasteiger partial charge is 0.393 e. The predicted molar refractivity (Wildman–Crippen MR) is 105 cm³/mol. The van der Waals surface area contributed by atoms with Gasteiger partial charge >= 0.3 is 6.18 Å². The molecule has 1 aromatic rings. The van der Waals surface area contributed by atoms with Gasteiger partial charge in [-0.2, -0.15) is 23.4 Å². The Balaban J connectivity index is 1.55. The third kappa shape index (κ3) is 6.44. The maximum Gasteiger partial charge on any atom is 0.411 e. The van der Waals surface area contributed by atoms with Gasteiger partial charge in [0.2, 0.25) is 5.95 Å². The number of halogens is 3. The zero-order chi connectivity index (χ0) is 21.7. The molecule has 3 atom stereocenters. The third-order valence-corrected chi connectivity index (χ3v) is 5.89. The maximum absolute atomic E-state index is 12.3. The number of anilines is 2. The summed E-state index contributed by atoms with van der Waals surface area (Å²) in [7, 11) is 0. The van der Waals surface area contributed by atoms with Crippen molar-refractivity contribution < 1.29 is 23.0 Å². The van der Waals surface area contributed by atoms with Crippen LogP contribution < -0.4 is 10.6 Å². The average molecular weight is 427 g/mol. The van der Waals surface area contributed by atoms with E-state index < -0.39 is 12.8 Å². The zero-order valence-electron chi connectivity index (χ0n) is 17.0. The van der Waals surface area contributed by atoms with Crippen LogP contribution in [-0.4, -0.2) is 52.1 Å². The number of aromatic nitrogens is 2. The monoisotopic (exact) mass is 427 g/mol. The van der Waals surface area contributed by atoms with Crippen LogP contribution in [0.5, 0.6) is 0 Å². The van der Waals surface area contributed by atoms with E-state index in [4.69, 9.17) is 4.74 Å². The molecule has 0 radical (unpaired) electrons. The number of alkyl halides is 3. The SMILES string of the molecule is C[C@@H]1CC[C@@H](Nc2nc(NC3CCC(OCC(F)(F)F)CC3)ncc2C#N)C[C@H]1O. The van der Waals surface area contributed by atoms with Crippen LogP contribution in [0.4, 0.5) is 24.9 Å². The molecule has 0 bridgehead atoms. The molecule has 1 heterocycles. The van der Waals surface area contributed by atoms with Gasteiger partial charge in [-0.15, -0.1) is 0 Å². The van der Waals surface area contributed by atoms with E-state index in [-0.39, 0.29) is 30.2 Å². The van der Waals surface area contributed by atoms with E-state index in [2.05, 4.69) is 26.7 Å². The Labute approximate surface area is 174 Å². The number of ether oxygens (including phenoxy) is 1. The Bertz CT molecular complexity index is 747. The van der Waals surface area contributed by atoms with Crippen molar-refractivity contribution in [3.05, 3.63) is 11.8 Å². The lowest BCUT2D eigenvalue weighted by Crippen LogP contribution is -2.35. The lowest BCUT2D eigenvalue weighted by Gasteiger charge is -2.32. The van der Waals surface area contributed by atoms with E-state index in [1.807, 2.05) is 6.92 Å². The van der Waals surface area contributed by atoms with Crippen LogP contribution >= 0.6 is 0 Å². The molecule has 0 aromatic carbocycles. The standard InChI is InChI=1S/C20H28F3N5O2/c1-12-2-3-15(8-17(12)29)26-18-13(9-24)10-25-19(28-18)27-14-4-6-16(7-5-14)30-11-20(21,22)23/h10,12,14-17,29H,2-8,11H2,1H3,(H2,25,26,27,28)/t12-,14?,15-,16?,17-/m1/s1. The van der Waals surface area contributed by atoms with Gasteiger partial charge in [0.05, 0.1) is 18.4 Å². The van der Waals surface area contributed by atoms with Gasteiger partial charge < -0.3 is 20.5 Å². The summed E-state index contributed by atoms with van der Waals surface area (Å²) < 4.78 is 41.8. The Morgan fingerprint density at radius 2 is 1.87 bits per heavy atom. The number of nitriles is 1. The van der Waals surface area contributed by atoms with Gasteiger partial charge in [-0.1, -0.05) is 6.92 Å². The minimum Gasteiger partial charge on any atom is -0.393 e. The second-order valence-electron chi connectivity index (χ2n) is 8.31. The number of aliphatic hydroxyl groups is 1. The van der Waals surface area contributed by atoms with Gasteiger partial charge in [-0.3, -0.25) is 0 Å². The van der Waals surface area contributed by atoms with Gasteiger partial charge in [0.1, 0.15) is 24.1 Å². The van der Waals surface area contributed by atoms with E-state index in [1.165, 1.54) is 6.20 Å². The molecule has 1 aromatic heterocycles. The largest absolute Gasteiger partial charge is 0.411 e. The number of rotatable bonds is 6. The van der Waals surface area contributed by atoms with Crippen LogP contribution in [0.2, 0.25) is 0 Å². The van der Waals surface area contributed by atoms with Gasteiger partial charge in [0, 0.05) is 12.1 Å². The zero-order valence-corrected chi connectivity index (χ0v) is 17.0. The van der Waals surface area contributed by atoms with Gasteiger partial charge in [0.15, 0.2) is 0 Å². The molecule has 2 aliphatic carbocycles. The maximum atomic E-state index is 12.3. The van der Waals surface area contributed by atoms with E-state index in [1.54, 1.807) is 0 Å². The van der Waals surface area contributed by atoms with Crippen LogP contribution in [0.1, 0.15) is 57.4 Å². The van der Waals surface area contributed by atoms with Crippen molar-refractivity contribution in [2.75, 3.05) is 17.2 Å². The quantitative estimate of drug-likeness (QED) is 0.637. The molecular formula is C20H28F3N5O2. The molecule has 7 nitrogen and oxygen atoms in total. The van der Waals surface area contributed by atoms with Crippen molar-refractivity contribution in [2.45, 2.75) is 82.3 Å². The summed E-state index contributed by atoms with van der Waals surface area (Å²) in [4.78, 5) is 8.64. The number of aliphatic hydroxyl groups excluding tert-OH is 1. The first kappa shape index (κ1) is 22.6. The highest BCUT2D eigenvalue weighted by molar-refractivity contribution is 5.54. The van der Waals surface area contributed by atoms with Gasteiger partial charge in [0.25, 0.3) is 0 Å². The Morgan fingerprint density at radius 3 is 2.50 bits per heavy atom. The van der Waals surface area contributed by atoms with E-state index >= 15 is 0 Å². The topological polar surface area (TPSA) is 103 Å². The fraction of sp³-hybridized carbons (Fsp3) is 0.750. The molecule has 0 spiro atoms. The fourth-order valence-corrected chi connectivity index (χ4v) is 4.03. The Kier molecular flexibility index (Phi) is 7.36. The molecule has 0 amide bonds. The van der Waals surface area contributed by atoms with Gasteiger partial charge in [-0.05, 0) is 50.9 Å². The molecule has 2 aliphatic rings. The third-order valence-electron chi connectivity index (χ3n) is 5.89. The van der Waals surface area contributed by atoms with E-state index in [0.717, 1.165) is 12.8 Å². The van der Waals surface area contributed by atoms with Crippen LogP contribution in [0, 0.1) is 17.2 Å². The highest BCUT2D eigenvalue weighted by Gasteiger charge is 2.31. The molecule has 0 saturated heterocycles. The summed E-state index contributed by atoms with van der Waals surface area (Å²) in [6, 6.07) is 2.15. The lowest BCUT2D eigenvalue weighted by molar-refractivity contribution is -0.187. The van der Waals surface area contributed by atoms with Crippen molar-refractivity contribution in [1.29, 1.82) is 5.26 Å². The second kappa shape index (κ2) is 9.79. The average Bonchev–Trinajstić information content (AvgIpc) is 2.70. The molecule has 2 saturated carbocycles. The Morgan fingerprint density at radius 1 is 1.17 bits per heavy atom. The van der Waals surface area contributed by atoms with Crippen molar-refractivity contribution in [3.8, 4) is 6.07 Å². The minimum absolute atomic E-state index is 0.0345. The summed E-state index contributed by atoms with van der Waals surface area (Å²) in [5.41, 5.74) is 0.331. The number of nitrogens with zero attached hydrogens (tertiary/aromatic N) is 3. The van der Waals surface area contributed by atoms with E-state index in [9.17, 15) is 23.5 Å². The fourth-order valence-electron chi connectivity index (χ4n) is 4.03. The predicted octanol–water partition coefficient (Wildman–Crippen LogP) is 3.61. The first-order valence-electron chi connectivity index (χ1n) is 10.4. The molecule has 30 heavy (non-hydrogen) atoms. The molecule has 10 heteroatoms. The molecule has 3 rings (SSSR count). The minimum atomic E-state index is -4.30. The molecular weight excluding hydrogens is 399 g/mol. The molecule has 0 aliphatic heterocycles. The summed E-state index contributed by atoms with van der Waals surface area (Å²) in [5, 5.41) is 25.9. The molecule has 166 valence electrons. The van der Waals surface area contributed by atoms with Crippen molar-refractivity contribution >= 4 is 11.8 Å². The lowest BCUT2D eigenvalue weighted by atomic mass is 9.85. The Hall–Kier alpha value is -2.12. The van der Waals surface area contributed by atoms with Crippen LogP contribution in [0.15, 0.2) is 6.20 Å². The van der Waals surface area contributed by atoms with Crippen LogP contribution in [0.25, 0.3) is 0 Å². The summed E-state index contributed by atoms with van der Waals surface area (Å²) >= 11 is 0. The van der Waals surface area contributed by atoms with Crippen LogP contribution in [-0.2, 0) is 4.74 Å². The molecule has 3 N–H and O–H groups in total. The normalized spacial score (nSPS) is 29.8.